The monoisotopic (exact) mass is 262 g/mol. The zero-order valence-electron chi connectivity index (χ0n) is 9.98. The first kappa shape index (κ1) is 10.9. The van der Waals surface area contributed by atoms with Gasteiger partial charge in [0.25, 0.3) is 0 Å². The molecule has 3 heteroatoms. The van der Waals surface area contributed by atoms with E-state index in [1.54, 1.807) is 0 Å². The van der Waals surface area contributed by atoms with E-state index < -0.39 is 0 Å². The van der Waals surface area contributed by atoms with Gasteiger partial charge in [0.15, 0.2) is 0 Å². The van der Waals surface area contributed by atoms with Crippen LogP contribution in [0.25, 0.3) is 32.7 Å². The summed E-state index contributed by atoms with van der Waals surface area (Å²) in [5, 5.41) is 4.83. The largest absolute Gasteiger partial charge is 0.456 e. The molecule has 0 N–H and O–H groups in total. The van der Waals surface area contributed by atoms with Gasteiger partial charge in [-0.15, -0.1) is 0 Å². The second-order valence-electron chi connectivity index (χ2n) is 4.60. The van der Waals surface area contributed by atoms with E-state index in [9.17, 15) is 0 Å². The summed E-state index contributed by atoms with van der Waals surface area (Å²) in [7, 11) is 6.00. The van der Waals surface area contributed by atoms with Crippen LogP contribution in [-0.4, -0.2) is 7.85 Å². The van der Waals surface area contributed by atoms with Crippen molar-refractivity contribution >= 4 is 57.6 Å². The minimum absolute atomic E-state index is 0.499. The summed E-state index contributed by atoms with van der Waals surface area (Å²) in [5.74, 6) is 0. The fourth-order valence-corrected chi connectivity index (χ4v) is 2.71. The maximum absolute atomic E-state index is 6.05. The van der Waals surface area contributed by atoms with Gasteiger partial charge in [-0.3, -0.25) is 0 Å². The van der Waals surface area contributed by atoms with E-state index in [1.165, 1.54) is 0 Å². The van der Waals surface area contributed by atoms with E-state index in [1.807, 2.05) is 24.3 Å². The number of hydrogen-bond acceptors (Lipinski definition) is 1. The summed E-state index contributed by atoms with van der Waals surface area (Å²) < 4.78 is 5.97. The minimum atomic E-state index is 0.499. The van der Waals surface area contributed by atoms with Crippen molar-refractivity contribution in [2.45, 2.75) is 0 Å². The van der Waals surface area contributed by atoms with Gasteiger partial charge >= 0.3 is 0 Å². The van der Waals surface area contributed by atoms with Crippen molar-refractivity contribution in [1.82, 2.24) is 0 Å². The average Bonchev–Trinajstić information content (AvgIpc) is 2.83. The molecule has 4 aromatic rings. The molecule has 1 aromatic heterocycles. The Morgan fingerprint density at radius 1 is 0.789 bits per heavy atom. The van der Waals surface area contributed by atoms with Crippen molar-refractivity contribution in [3.8, 4) is 0 Å². The number of fused-ring (bicyclic) bond motifs is 5. The molecule has 0 saturated heterocycles. The quantitative estimate of drug-likeness (QED) is 0.433. The summed E-state index contributed by atoms with van der Waals surface area (Å²) >= 11 is 6.05. The lowest BCUT2D eigenvalue weighted by molar-refractivity contribution is 0.675. The van der Waals surface area contributed by atoms with Crippen LogP contribution in [0, 0.1) is 0 Å². The van der Waals surface area contributed by atoms with Gasteiger partial charge in [0.05, 0.1) is 0 Å². The van der Waals surface area contributed by atoms with E-state index in [-0.39, 0.29) is 0 Å². The fourth-order valence-electron chi connectivity index (χ4n) is 2.56. The van der Waals surface area contributed by atoms with Crippen molar-refractivity contribution in [2.24, 2.45) is 0 Å². The average molecular weight is 263 g/mol. The molecule has 4 rings (SSSR count). The van der Waals surface area contributed by atoms with Crippen LogP contribution in [0.3, 0.4) is 0 Å². The van der Waals surface area contributed by atoms with Gasteiger partial charge in [-0.2, -0.15) is 0 Å². The van der Waals surface area contributed by atoms with Crippen LogP contribution in [-0.2, 0) is 0 Å². The highest BCUT2D eigenvalue weighted by atomic mass is 35.5. The number of hydrogen-bond donors (Lipinski definition) is 0. The Morgan fingerprint density at radius 3 is 2.42 bits per heavy atom. The Hall–Kier alpha value is -1.93. The van der Waals surface area contributed by atoms with Gasteiger partial charge in [-0.05, 0) is 29.0 Å². The van der Waals surface area contributed by atoms with Crippen molar-refractivity contribution < 1.29 is 4.42 Å². The second kappa shape index (κ2) is 3.78. The normalized spacial score (nSPS) is 11.6. The molecular weight excluding hydrogens is 254 g/mol. The maximum atomic E-state index is 6.05. The molecule has 1 heterocycles. The Balaban J connectivity index is 2.30. The first-order valence-corrected chi connectivity index (χ1v) is 6.41. The fraction of sp³-hybridized carbons (Fsp3) is 0. The predicted molar refractivity (Wildman–Crippen MR) is 81.6 cm³/mol. The van der Waals surface area contributed by atoms with Gasteiger partial charge in [0.1, 0.15) is 19.0 Å². The molecule has 0 saturated carbocycles. The van der Waals surface area contributed by atoms with E-state index in [0.717, 1.165) is 27.1 Å². The molecule has 0 amide bonds. The van der Waals surface area contributed by atoms with Gasteiger partial charge in [-0.25, -0.2) is 0 Å². The molecule has 0 fully saturated rings. The lowest BCUT2D eigenvalue weighted by Gasteiger charge is -1.97. The summed E-state index contributed by atoms with van der Waals surface area (Å²) in [6, 6.07) is 16.1. The molecule has 0 aliphatic heterocycles. The standard InChI is InChI=1S/C16H8BClO/c17-14-13(18)8-7-12-11-6-5-9-3-1-2-4-10(9)15(11)19-16(12)14/h1-8H. The highest BCUT2D eigenvalue weighted by Gasteiger charge is 2.12. The molecule has 2 radical (unpaired) electrons. The smallest absolute Gasteiger partial charge is 0.143 e. The van der Waals surface area contributed by atoms with Gasteiger partial charge in [-0.1, -0.05) is 41.9 Å². The molecule has 1 nitrogen and oxygen atoms in total. The molecule has 0 aliphatic rings. The van der Waals surface area contributed by atoms with Crippen molar-refractivity contribution in [3.05, 3.63) is 53.6 Å². The third kappa shape index (κ3) is 1.44. The van der Waals surface area contributed by atoms with Crippen LogP contribution in [0.2, 0.25) is 5.02 Å². The number of rotatable bonds is 0. The van der Waals surface area contributed by atoms with Gasteiger partial charge in [0.2, 0.25) is 0 Å². The van der Waals surface area contributed by atoms with Crippen LogP contribution < -0.4 is 5.46 Å². The SMILES string of the molecule is [B]c1c(Cl)ccc2c1oc1c3ccccc3ccc21. The molecule has 0 spiro atoms. The maximum Gasteiger partial charge on any atom is 0.143 e. The number of furan rings is 1. The molecule has 0 aliphatic carbocycles. The third-order valence-electron chi connectivity index (χ3n) is 3.52. The molecular formula is C16H8BClO. The van der Waals surface area contributed by atoms with Crippen LogP contribution in [0.5, 0.6) is 0 Å². The van der Waals surface area contributed by atoms with Crippen molar-refractivity contribution in [2.75, 3.05) is 0 Å². The molecule has 0 unspecified atom stereocenters. The third-order valence-corrected chi connectivity index (χ3v) is 3.85. The minimum Gasteiger partial charge on any atom is -0.456 e. The summed E-state index contributed by atoms with van der Waals surface area (Å²) in [6.45, 7) is 0. The molecule has 88 valence electrons. The molecule has 0 bridgehead atoms. The van der Waals surface area contributed by atoms with Crippen LogP contribution in [0.1, 0.15) is 0 Å². The zero-order chi connectivity index (χ0) is 13.0. The topological polar surface area (TPSA) is 13.1 Å². The summed E-state index contributed by atoms with van der Waals surface area (Å²) in [5.41, 5.74) is 2.03. The number of benzene rings is 3. The Kier molecular flexibility index (Phi) is 2.18. The van der Waals surface area contributed by atoms with E-state index in [2.05, 4.69) is 24.3 Å². The number of halogens is 1. The van der Waals surface area contributed by atoms with Crippen LogP contribution in [0.4, 0.5) is 0 Å². The van der Waals surface area contributed by atoms with E-state index in [0.29, 0.717) is 16.1 Å². The molecule has 0 atom stereocenters. The van der Waals surface area contributed by atoms with Crippen molar-refractivity contribution in [1.29, 1.82) is 0 Å². The Bertz CT molecular complexity index is 940. The first-order chi connectivity index (χ1) is 9.25. The molecule has 19 heavy (non-hydrogen) atoms. The highest BCUT2D eigenvalue weighted by molar-refractivity contribution is 6.49. The van der Waals surface area contributed by atoms with E-state index >= 15 is 0 Å². The van der Waals surface area contributed by atoms with Gasteiger partial charge in [0, 0.05) is 21.2 Å². The van der Waals surface area contributed by atoms with E-state index in [4.69, 9.17) is 23.9 Å². The highest BCUT2D eigenvalue weighted by Crippen LogP contribution is 2.33. The zero-order valence-corrected chi connectivity index (χ0v) is 10.7. The first-order valence-electron chi connectivity index (χ1n) is 6.03. The molecule has 3 aromatic carbocycles. The Morgan fingerprint density at radius 2 is 1.53 bits per heavy atom. The second-order valence-corrected chi connectivity index (χ2v) is 5.01. The summed E-state index contributed by atoms with van der Waals surface area (Å²) in [4.78, 5) is 0. The van der Waals surface area contributed by atoms with Gasteiger partial charge < -0.3 is 4.42 Å². The lowest BCUT2D eigenvalue weighted by atomic mass is 9.93. The summed E-state index contributed by atoms with van der Waals surface area (Å²) in [6.07, 6.45) is 0. The van der Waals surface area contributed by atoms with Crippen molar-refractivity contribution in [3.63, 3.8) is 0 Å². The predicted octanol–water partition coefficient (Wildman–Crippen LogP) is 4.19. The van der Waals surface area contributed by atoms with Crippen LogP contribution in [0.15, 0.2) is 52.9 Å². The Labute approximate surface area is 116 Å². The van der Waals surface area contributed by atoms with Crippen LogP contribution >= 0.6 is 11.6 Å². The lowest BCUT2D eigenvalue weighted by Crippen LogP contribution is -2.03.